The van der Waals surface area contributed by atoms with Crippen molar-refractivity contribution in [2.75, 3.05) is 0 Å². The lowest BCUT2D eigenvalue weighted by atomic mass is 9.67. The van der Waals surface area contributed by atoms with Gasteiger partial charge in [0.15, 0.2) is 0 Å². The number of nitrogens with two attached hydrogens (primary N) is 2. The molecule has 0 bridgehead atoms. The second-order valence-corrected chi connectivity index (χ2v) is 7.51. The van der Waals surface area contributed by atoms with Crippen molar-refractivity contribution in [3.63, 3.8) is 0 Å². The molecule has 118 valence electrons. The Morgan fingerprint density at radius 1 is 0.750 bits per heavy atom. The smallest absolute Gasteiger partial charge is 0.00390 e. The second-order valence-electron chi connectivity index (χ2n) is 7.51. The van der Waals surface area contributed by atoms with Gasteiger partial charge >= 0.3 is 0 Å². The van der Waals surface area contributed by atoms with Crippen LogP contribution in [-0.4, -0.2) is 12.1 Å². The van der Waals surface area contributed by atoms with E-state index in [0.717, 1.165) is 17.8 Å². The van der Waals surface area contributed by atoms with E-state index >= 15 is 0 Å². The molecule has 0 unspecified atom stereocenters. The Morgan fingerprint density at radius 3 is 1.60 bits per heavy atom. The zero-order chi connectivity index (χ0) is 14.4. The molecule has 0 saturated heterocycles. The molecule has 2 heteroatoms. The average Bonchev–Trinajstić information content (AvgIpc) is 2.46. The van der Waals surface area contributed by atoms with Gasteiger partial charge in [-0.05, 0) is 75.5 Å². The summed E-state index contributed by atoms with van der Waals surface area (Å²) in [5.41, 5.74) is 12.2. The van der Waals surface area contributed by atoms with Gasteiger partial charge in [-0.25, -0.2) is 0 Å². The van der Waals surface area contributed by atoms with E-state index in [1.54, 1.807) is 0 Å². The molecule has 2 nitrogen and oxygen atoms in total. The molecule has 0 heterocycles. The zero-order valence-electron chi connectivity index (χ0n) is 13.5. The quantitative estimate of drug-likeness (QED) is 0.716. The van der Waals surface area contributed by atoms with Gasteiger partial charge in [-0.3, -0.25) is 0 Å². The summed E-state index contributed by atoms with van der Waals surface area (Å²) in [6, 6.07) is 0.977. The van der Waals surface area contributed by atoms with Gasteiger partial charge in [0.2, 0.25) is 0 Å². The molecule has 0 amide bonds. The van der Waals surface area contributed by atoms with Crippen LogP contribution >= 0.6 is 0 Å². The van der Waals surface area contributed by atoms with Crippen molar-refractivity contribution in [3.8, 4) is 0 Å². The lowest BCUT2D eigenvalue weighted by Crippen LogP contribution is -2.35. The van der Waals surface area contributed by atoms with Crippen LogP contribution in [0.1, 0.15) is 84.0 Å². The van der Waals surface area contributed by atoms with Crippen molar-refractivity contribution in [2.45, 2.75) is 96.1 Å². The molecule has 2 rings (SSSR count). The van der Waals surface area contributed by atoms with Gasteiger partial charge in [0.1, 0.15) is 0 Å². The maximum Gasteiger partial charge on any atom is 0.00390 e. The Kier molecular flexibility index (Phi) is 6.83. The van der Waals surface area contributed by atoms with Crippen molar-refractivity contribution >= 4 is 0 Å². The molecule has 0 aromatic carbocycles. The van der Waals surface area contributed by atoms with Gasteiger partial charge < -0.3 is 11.5 Å². The first-order valence-corrected chi connectivity index (χ1v) is 9.21. The fourth-order valence-electron chi connectivity index (χ4n) is 4.63. The lowest BCUT2D eigenvalue weighted by Gasteiger charge is -2.40. The summed E-state index contributed by atoms with van der Waals surface area (Å²) in [5, 5.41) is 0. The standard InChI is InChI=1S/C18H36N2/c1-2-3-4-5-18(14-6-10-16(19)11-7-14)15-8-12-17(20)13-9-15/h14-18H,2-13,19-20H2,1H3. The normalized spacial score (nSPS) is 36.8. The van der Waals surface area contributed by atoms with Gasteiger partial charge in [0.25, 0.3) is 0 Å². The molecular formula is C18H36N2. The Balaban J connectivity index is 1.89. The average molecular weight is 280 g/mol. The summed E-state index contributed by atoms with van der Waals surface area (Å²) < 4.78 is 0. The summed E-state index contributed by atoms with van der Waals surface area (Å²) in [6.45, 7) is 2.31. The van der Waals surface area contributed by atoms with Crippen LogP contribution in [0.15, 0.2) is 0 Å². The number of unbranched alkanes of at least 4 members (excludes halogenated alkanes) is 2. The first-order chi connectivity index (χ1) is 9.70. The Labute approximate surface area is 126 Å². The number of hydrogen-bond donors (Lipinski definition) is 2. The van der Waals surface area contributed by atoms with Crippen molar-refractivity contribution in [1.82, 2.24) is 0 Å². The second kappa shape index (κ2) is 8.38. The maximum absolute atomic E-state index is 6.10. The molecule has 0 atom stereocenters. The summed E-state index contributed by atoms with van der Waals surface area (Å²) in [5.74, 6) is 2.90. The molecule has 4 N–H and O–H groups in total. The summed E-state index contributed by atoms with van der Waals surface area (Å²) in [7, 11) is 0. The van der Waals surface area contributed by atoms with Crippen molar-refractivity contribution in [2.24, 2.45) is 29.2 Å². The van der Waals surface area contributed by atoms with Crippen molar-refractivity contribution in [1.29, 1.82) is 0 Å². The Morgan fingerprint density at radius 2 is 1.20 bits per heavy atom. The largest absolute Gasteiger partial charge is 0.328 e. The van der Waals surface area contributed by atoms with Gasteiger partial charge in [-0.15, -0.1) is 0 Å². The predicted molar refractivity (Wildman–Crippen MR) is 87.5 cm³/mol. The van der Waals surface area contributed by atoms with Gasteiger partial charge in [0, 0.05) is 12.1 Å². The molecule has 0 aliphatic heterocycles. The molecule has 20 heavy (non-hydrogen) atoms. The van der Waals surface area contributed by atoms with E-state index in [1.165, 1.54) is 77.0 Å². The highest BCUT2D eigenvalue weighted by molar-refractivity contribution is 4.86. The summed E-state index contributed by atoms with van der Waals surface area (Å²) >= 11 is 0. The van der Waals surface area contributed by atoms with Gasteiger partial charge in [-0.1, -0.05) is 26.2 Å². The third-order valence-electron chi connectivity index (χ3n) is 5.99. The van der Waals surface area contributed by atoms with Crippen LogP contribution in [0.25, 0.3) is 0 Å². The van der Waals surface area contributed by atoms with E-state index in [1.807, 2.05) is 0 Å². The fraction of sp³-hybridized carbons (Fsp3) is 1.00. The van der Waals surface area contributed by atoms with Crippen molar-refractivity contribution < 1.29 is 0 Å². The van der Waals surface area contributed by atoms with Crippen LogP contribution in [-0.2, 0) is 0 Å². The molecule has 0 radical (unpaired) electrons. The van der Waals surface area contributed by atoms with E-state index in [-0.39, 0.29) is 0 Å². The van der Waals surface area contributed by atoms with Crippen LogP contribution in [0.3, 0.4) is 0 Å². The summed E-state index contributed by atoms with van der Waals surface area (Å²) in [6.07, 6.45) is 16.3. The third-order valence-corrected chi connectivity index (χ3v) is 5.99. The van der Waals surface area contributed by atoms with E-state index in [9.17, 15) is 0 Å². The third kappa shape index (κ3) is 4.73. The minimum atomic E-state index is 0.488. The highest BCUT2D eigenvalue weighted by Gasteiger charge is 2.33. The zero-order valence-corrected chi connectivity index (χ0v) is 13.5. The van der Waals surface area contributed by atoms with Crippen LogP contribution in [0.2, 0.25) is 0 Å². The van der Waals surface area contributed by atoms with E-state index in [0.29, 0.717) is 12.1 Å². The number of rotatable bonds is 6. The topological polar surface area (TPSA) is 52.0 Å². The molecule has 0 aromatic heterocycles. The molecule has 2 fully saturated rings. The van der Waals surface area contributed by atoms with Gasteiger partial charge in [0.05, 0.1) is 0 Å². The first kappa shape index (κ1) is 16.3. The van der Waals surface area contributed by atoms with Crippen LogP contribution in [0, 0.1) is 17.8 Å². The fourth-order valence-corrected chi connectivity index (χ4v) is 4.63. The minimum Gasteiger partial charge on any atom is -0.328 e. The molecular weight excluding hydrogens is 244 g/mol. The van der Waals surface area contributed by atoms with Crippen LogP contribution in [0.4, 0.5) is 0 Å². The van der Waals surface area contributed by atoms with E-state index in [2.05, 4.69) is 6.92 Å². The van der Waals surface area contributed by atoms with Crippen LogP contribution < -0.4 is 11.5 Å². The predicted octanol–water partition coefficient (Wildman–Crippen LogP) is 4.22. The Hall–Kier alpha value is -0.0800. The molecule has 2 saturated carbocycles. The first-order valence-electron chi connectivity index (χ1n) is 9.21. The highest BCUT2D eigenvalue weighted by Crippen LogP contribution is 2.42. The molecule has 2 aliphatic carbocycles. The molecule has 0 spiro atoms. The van der Waals surface area contributed by atoms with Crippen LogP contribution in [0.5, 0.6) is 0 Å². The van der Waals surface area contributed by atoms with Crippen molar-refractivity contribution in [3.05, 3.63) is 0 Å². The maximum atomic E-state index is 6.10. The lowest BCUT2D eigenvalue weighted by molar-refractivity contribution is 0.122. The summed E-state index contributed by atoms with van der Waals surface area (Å²) in [4.78, 5) is 0. The molecule has 2 aliphatic rings. The van der Waals surface area contributed by atoms with E-state index in [4.69, 9.17) is 11.5 Å². The monoisotopic (exact) mass is 280 g/mol. The highest BCUT2D eigenvalue weighted by atomic mass is 14.6. The van der Waals surface area contributed by atoms with Gasteiger partial charge in [-0.2, -0.15) is 0 Å². The number of hydrogen-bond acceptors (Lipinski definition) is 2. The van der Waals surface area contributed by atoms with E-state index < -0.39 is 0 Å². The SMILES string of the molecule is CCCCCC(C1CCC(N)CC1)C1CCC(N)CC1. The Bertz CT molecular complexity index is 228. The molecule has 0 aromatic rings. The minimum absolute atomic E-state index is 0.488.